The van der Waals surface area contributed by atoms with Crippen LogP contribution in [0.4, 0.5) is 5.69 Å². The van der Waals surface area contributed by atoms with Gasteiger partial charge in [-0.25, -0.2) is 0 Å². The number of methoxy groups -OCH3 is 1. The van der Waals surface area contributed by atoms with Gasteiger partial charge in [0, 0.05) is 15.8 Å². The molecule has 4 heteroatoms. The Hall–Kier alpha value is -1.27. The van der Waals surface area contributed by atoms with Crippen LogP contribution in [0.15, 0.2) is 48.5 Å². The maximum Gasteiger partial charge on any atom is 0.119 e. The summed E-state index contributed by atoms with van der Waals surface area (Å²) in [4.78, 5) is 0. The van der Waals surface area contributed by atoms with Crippen LogP contribution >= 0.6 is 22.6 Å². The first-order valence-electron chi connectivity index (χ1n) is 6.00. The molecule has 0 heterocycles. The highest BCUT2D eigenvalue weighted by atomic mass is 127. The van der Waals surface area contributed by atoms with E-state index in [-0.39, 0.29) is 0 Å². The first-order chi connectivity index (χ1) is 9.19. The minimum absolute atomic E-state index is 0.466. The first-order valence-corrected chi connectivity index (χ1v) is 7.08. The van der Waals surface area contributed by atoms with Gasteiger partial charge in [0.15, 0.2) is 0 Å². The summed E-state index contributed by atoms with van der Waals surface area (Å²) < 4.78 is 6.32. The van der Waals surface area contributed by atoms with Gasteiger partial charge >= 0.3 is 0 Å². The predicted octanol–water partition coefficient (Wildman–Crippen LogP) is 3.45. The Bertz CT molecular complexity index is 545. The number of anilines is 1. The van der Waals surface area contributed by atoms with E-state index in [1.807, 2.05) is 48.5 Å². The molecule has 0 spiro atoms. The molecule has 2 rings (SSSR count). The van der Waals surface area contributed by atoms with Gasteiger partial charge in [0.2, 0.25) is 0 Å². The van der Waals surface area contributed by atoms with Crippen molar-refractivity contribution in [3.8, 4) is 5.75 Å². The van der Waals surface area contributed by atoms with Gasteiger partial charge in [0.1, 0.15) is 5.75 Å². The molecule has 0 aromatic heterocycles. The molecule has 0 saturated carbocycles. The molecule has 0 radical (unpaired) electrons. The summed E-state index contributed by atoms with van der Waals surface area (Å²) in [5.41, 5.74) is 1.85. The summed E-state index contributed by atoms with van der Waals surface area (Å²) in [6.45, 7) is 0.466. The van der Waals surface area contributed by atoms with Crippen molar-refractivity contribution in [2.75, 3.05) is 19.0 Å². The van der Waals surface area contributed by atoms with Gasteiger partial charge in [-0.2, -0.15) is 0 Å². The van der Waals surface area contributed by atoms with Crippen LogP contribution in [-0.2, 0) is 0 Å². The molecular weight excluding hydrogens is 353 g/mol. The van der Waals surface area contributed by atoms with E-state index < -0.39 is 6.10 Å². The molecule has 2 aromatic rings. The lowest BCUT2D eigenvalue weighted by molar-refractivity contribution is 0.191. The largest absolute Gasteiger partial charge is 0.497 e. The Kier molecular flexibility index (Phi) is 5.04. The molecule has 0 bridgehead atoms. The van der Waals surface area contributed by atoms with Crippen molar-refractivity contribution in [3.05, 3.63) is 57.7 Å². The molecule has 0 amide bonds. The highest BCUT2D eigenvalue weighted by molar-refractivity contribution is 14.1. The van der Waals surface area contributed by atoms with Crippen molar-refractivity contribution in [1.29, 1.82) is 0 Å². The Balaban J connectivity index is 1.99. The molecular formula is C15H16INO2. The number of rotatable bonds is 5. The second-order valence-corrected chi connectivity index (χ2v) is 5.43. The summed E-state index contributed by atoms with van der Waals surface area (Å²) in [6.07, 6.45) is -0.562. The lowest BCUT2D eigenvalue weighted by Crippen LogP contribution is -2.12. The minimum atomic E-state index is -0.562. The lowest BCUT2D eigenvalue weighted by atomic mass is 10.1. The first kappa shape index (κ1) is 14.1. The number of benzene rings is 2. The fraction of sp³-hybridized carbons (Fsp3) is 0.200. The Morgan fingerprint density at radius 2 is 2.00 bits per heavy atom. The van der Waals surface area contributed by atoms with Crippen LogP contribution in [0.5, 0.6) is 5.75 Å². The average molecular weight is 369 g/mol. The van der Waals surface area contributed by atoms with Gasteiger partial charge in [0.05, 0.1) is 13.2 Å². The van der Waals surface area contributed by atoms with Crippen molar-refractivity contribution < 1.29 is 9.84 Å². The van der Waals surface area contributed by atoms with Gasteiger partial charge in [0.25, 0.3) is 0 Å². The molecule has 2 N–H and O–H groups in total. The van der Waals surface area contributed by atoms with E-state index in [0.717, 1.165) is 17.0 Å². The van der Waals surface area contributed by atoms with Crippen molar-refractivity contribution in [3.63, 3.8) is 0 Å². The molecule has 1 atom stereocenters. The van der Waals surface area contributed by atoms with Gasteiger partial charge in [-0.1, -0.05) is 18.2 Å². The zero-order valence-corrected chi connectivity index (χ0v) is 12.8. The van der Waals surface area contributed by atoms with Gasteiger partial charge < -0.3 is 15.2 Å². The van der Waals surface area contributed by atoms with Crippen LogP contribution in [0.2, 0.25) is 0 Å². The number of aliphatic hydroxyl groups excluding tert-OH is 1. The predicted molar refractivity (Wildman–Crippen MR) is 85.6 cm³/mol. The number of aliphatic hydroxyl groups is 1. The van der Waals surface area contributed by atoms with Crippen LogP contribution in [-0.4, -0.2) is 18.8 Å². The molecule has 0 aliphatic carbocycles. The van der Waals surface area contributed by atoms with Crippen LogP contribution in [0.1, 0.15) is 11.7 Å². The molecule has 1 unspecified atom stereocenters. The highest BCUT2D eigenvalue weighted by Gasteiger charge is 2.08. The molecule has 0 saturated heterocycles. The van der Waals surface area contributed by atoms with Gasteiger partial charge in [-0.05, 0) is 58.5 Å². The normalized spacial score (nSPS) is 11.9. The third-order valence-electron chi connectivity index (χ3n) is 2.80. The number of halogens is 1. The second kappa shape index (κ2) is 6.77. The maximum absolute atomic E-state index is 10.2. The van der Waals surface area contributed by atoms with Crippen molar-refractivity contribution >= 4 is 28.3 Å². The van der Waals surface area contributed by atoms with Crippen molar-refractivity contribution in [2.45, 2.75) is 6.10 Å². The summed E-state index contributed by atoms with van der Waals surface area (Å²) in [5.74, 6) is 0.755. The zero-order chi connectivity index (χ0) is 13.7. The fourth-order valence-electron chi connectivity index (χ4n) is 1.78. The van der Waals surface area contributed by atoms with Crippen molar-refractivity contribution in [1.82, 2.24) is 0 Å². The Morgan fingerprint density at radius 1 is 1.21 bits per heavy atom. The van der Waals surface area contributed by atoms with E-state index in [2.05, 4.69) is 27.9 Å². The van der Waals surface area contributed by atoms with Crippen LogP contribution < -0.4 is 10.1 Å². The van der Waals surface area contributed by atoms with E-state index in [1.54, 1.807) is 7.11 Å². The number of hydrogen-bond donors (Lipinski definition) is 2. The molecule has 3 nitrogen and oxygen atoms in total. The van der Waals surface area contributed by atoms with Crippen LogP contribution in [0, 0.1) is 3.57 Å². The summed E-state index contributed by atoms with van der Waals surface area (Å²) >= 11 is 2.26. The average Bonchev–Trinajstić information content (AvgIpc) is 2.45. The molecule has 0 aliphatic heterocycles. The number of nitrogens with one attached hydrogen (secondary N) is 1. The van der Waals surface area contributed by atoms with E-state index in [4.69, 9.17) is 4.74 Å². The Labute approximate surface area is 126 Å². The molecule has 100 valence electrons. The topological polar surface area (TPSA) is 41.5 Å². The van der Waals surface area contributed by atoms with E-state index >= 15 is 0 Å². The van der Waals surface area contributed by atoms with Crippen molar-refractivity contribution in [2.24, 2.45) is 0 Å². The van der Waals surface area contributed by atoms with E-state index in [0.29, 0.717) is 6.54 Å². The molecule has 2 aromatic carbocycles. The van der Waals surface area contributed by atoms with Crippen LogP contribution in [0.25, 0.3) is 0 Å². The van der Waals surface area contributed by atoms with E-state index in [9.17, 15) is 5.11 Å². The zero-order valence-electron chi connectivity index (χ0n) is 10.6. The van der Waals surface area contributed by atoms with Gasteiger partial charge in [-0.3, -0.25) is 0 Å². The minimum Gasteiger partial charge on any atom is -0.497 e. The van der Waals surface area contributed by atoms with Gasteiger partial charge in [-0.15, -0.1) is 0 Å². The smallest absolute Gasteiger partial charge is 0.119 e. The summed E-state index contributed by atoms with van der Waals surface area (Å²) in [5, 5.41) is 13.4. The SMILES string of the molecule is COc1cccc(C(O)CNc2cccc(I)c2)c1. The number of ether oxygens (including phenoxy) is 1. The second-order valence-electron chi connectivity index (χ2n) is 4.18. The Morgan fingerprint density at radius 3 is 2.74 bits per heavy atom. The fourth-order valence-corrected chi connectivity index (χ4v) is 2.32. The standard InChI is InChI=1S/C15H16INO2/c1-19-14-7-2-4-11(8-14)15(18)10-17-13-6-3-5-12(16)9-13/h2-9,15,17-18H,10H2,1H3. The monoisotopic (exact) mass is 369 g/mol. The third kappa shape index (κ3) is 4.11. The van der Waals surface area contributed by atoms with E-state index in [1.165, 1.54) is 3.57 Å². The highest BCUT2D eigenvalue weighted by Crippen LogP contribution is 2.20. The maximum atomic E-state index is 10.2. The third-order valence-corrected chi connectivity index (χ3v) is 3.47. The summed E-state index contributed by atoms with van der Waals surface area (Å²) in [6, 6.07) is 15.5. The molecule has 0 fully saturated rings. The van der Waals surface area contributed by atoms with Crippen LogP contribution in [0.3, 0.4) is 0 Å². The quantitative estimate of drug-likeness (QED) is 0.794. The lowest BCUT2D eigenvalue weighted by Gasteiger charge is -2.14. The summed E-state index contributed by atoms with van der Waals surface area (Å²) in [7, 11) is 1.62. The molecule has 0 aliphatic rings. The number of hydrogen-bond acceptors (Lipinski definition) is 3. The molecule has 19 heavy (non-hydrogen) atoms.